The maximum atomic E-state index is 13.3. The minimum absolute atomic E-state index is 0.194. The number of carbonyl (C=O) groups excluding carboxylic acids is 3. The summed E-state index contributed by atoms with van der Waals surface area (Å²) in [6, 6.07) is 14.6. The molecule has 2 saturated heterocycles. The highest BCUT2D eigenvalue weighted by molar-refractivity contribution is 6.25. The van der Waals surface area contributed by atoms with Gasteiger partial charge in [-0.25, -0.2) is 4.98 Å². The number of piperidine rings is 1. The van der Waals surface area contributed by atoms with E-state index in [1.54, 1.807) is 18.2 Å². The molecule has 44 heavy (non-hydrogen) atoms. The summed E-state index contributed by atoms with van der Waals surface area (Å²) in [5, 5.41) is 15.3. The molecule has 2 atom stereocenters. The molecule has 3 aliphatic heterocycles. The standard InChI is InChI=1S/C31H31F3N6O4/c32-31(33,34)21-8-10-25(36-17-21)39-14-12-38(13-15-39)18-20-6-4-19(5-7-20)16-35-23-3-1-2-22-27(23)30(44)40(29(22)43)24-9-11-26(41)37-28(24)42/h1-8,10,17,24,26,35,41H,9,11-16,18H2,(H,37,42). The molecule has 2 fully saturated rings. The number of anilines is 2. The van der Waals surface area contributed by atoms with Crippen LogP contribution in [0.5, 0.6) is 0 Å². The molecular weight excluding hydrogens is 577 g/mol. The Kier molecular flexibility index (Phi) is 7.99. The number of nitrogens with zero attached hydrogens (tertiary/aromatic N) is 4. The first-order valence-electron chi connectivity index (χ1n) is 14.4. The molecule has 3 aromatic rings. The number of fused-ring (bicyclic) bond motifs is 1. The van der Waals surface area contributed by atoms with E-state index in [-0.39, 0.29) is 24.0 Å². The molecular formula is C31H31F3N6O4. The molecule has 0 radical (unpaired) electrons. The number of amides is 3. The Labute approximate surface area is 251 Å². The van der Waals surface area contributed by atoms with Gasteiger partial charge in [-0.1, -0.05) is 30.3 Å². The largest absolute Gasteiger partial charge is 0.417 e. The first-order valence-corrected chi connectivity index (χ1v) is 14.4. The van der Waals surface area contributed by atoms with Crippen LogP contribution in [-0.2, 0) is 24.1 Å². The molecule has 0 spiro atoms. The van der Waals surface area contributed by atoms with Crippen molar-refractivity contribution in [1.82, 2.24) is 20.1 Å². The molecule has 0 saturated carbocycles. The van der Waals surface area contributed by atoms with Crippen LogP contribution in [0.3, 0.4) is 0 Å². The molecule has 3 aliphatic rings. The third-order valence-corrected chi connectivity index (χ3v) is 8.27. The lowest BCUT2D eigenvalue weighted by Crippen LogP contribution is -2.55. The molecule has 3 amide bonds. The maximum Gasteiger partial charge on any atom is 0.417 e. The second-order valence-electron chi connectivity index (χ2n) is 11.2. The quantitative estimate of drug-likeness (QED) is 0.350. The molecule has 1 aromatic heterocycles. The van der Waals surface area contributed by atoms with Gasteiger partial charge < -0.3 is 20.6 Å². The Morgan fingerprint density at radius 1 is 0.909 bits per heavy atom. The van der Waals surface area contributed by atoms with Crippen LogP contribution < -0.4 is 15.5 Å². The van der Waals surface area contributed by atoms with E-state index in [9.17, 15) is 32.7 Å². The number of nitrogens with one attached hydrogen (secondary N) is 2. The van der Waals surface area contributed by atoms with E-state index in [4.69, 9.17) is 0 Å². The summed E-state index contributed by atoms with van der Waals surface area (Å²) in [4.78, 5) is 48.1. The number of benzene rings is 2. The van der Waals surface area contributed by atoms with Crippen molar-refractivity contribution < 1.29 is 32.7 Å². The molecule has 2 aromatic carbocycles. The van der Waals surface area contributed by atoms with Crippen LogP contribution in [0.2, 0.25) is 0 Å². The lowest BCUT2D eigenvalue weighted by Gasteiger charge is -2.35. The fraction of sp³-hybridized carbons (Fsp3) is 0.355. The van der Waals surface area contributed by atoms with Gasteiger partial charge in [0.15, 0.2) is 0 Å². The Hall–Kier alpha value is -4.49. The van der Waals surface area contributed by atoms with Crippen LogP contribution in [0.25, 0.3) is 0 Å². The summed E-state index contributed by atoms with van der Waals surface area (Å²) >= 11 is 0. The van der Waals surface area contributed by atoms with Crippen molar-refractivity contribution >= 4 is 29.2 Å². The van der Waals surface area contributed by atoms with Gasteiger partial charge >= 0.3 is 6.18 Å². The van der Waals surface area contributed by atoms with Gasteiger partial charge in [0.1, 0.15) is 18.1 Å². The molecule has 10 nitrogen and oxygen atoms in total. The van der Waals surface area contributed by atoms with Crippen LogP contribution in [0.4, 0.5) is 24.7 Å². The predicted molar refractivity (Wildman–Crippen MR) is 155 cm³/mol. The molecule has 4 heterocycles. The van der Waals surface area contributed by atoms with Crippen molar-refractivity contribution in [3.05, 3.63) is 88.6 Å². The van der Waals surface area contributed by atoms with Crippen LogP contribution >= 0.6 is 0 Å². The fourth-order valence-corrected chi connectivity index (χ4v) is 5.85. The number of pyridine rings is 1. The number of hydrogen-bond acceptors (Lipinski definition) is 8. The SMILES string of the molecule is O=C1NC(O)CCC1N1C(=O)c2cccc(NCc3ccc(CN4CCN(c5ccc(C(F)(F)F)cn5)CC4)cc3)c2C1=O. The number of piperazine rings is 1. The minimum atomic E-state index is -4.40. The van der Waals surface area contributed by atoms with Crippen molar-refractivity contribution in [2.75, 3.05) is 36.4 Å². The zero-order valence-corrected chi connectivity index (χ0v) is 23.7. The number of carbonyl (C=O) groups is 3. The normalized spacial score (nSPS) is 21.0. The number of halogens is 3. The number of aromatic nitrogens is 1. The second-order valence-corrected chi connectivity index (χ2v) is 11.2. The van der Waals surface area contributed by atoms with Crippen LogP contribution in [0.1, 0.15) is 50.2 Å². The Balaban J connectivity index is 1.03. The monoisotopic (exact) mass is 608 g/mol. The van der Waals surface area contributed by atoms with Gasteiger partial charge in [-0.15, -0.1) is 0 Å². The van der Waals surface area contributed by atoms with E-state index in [1.165, 1.54) is 6.07 Å². The number of rotatable bonds is 7. The molecule has 0 aliphatic carbocycles. The highest BCUT2D eigenvalue weighted by Gasteiger charge is 2.45. The average Bonchev–Trinajstić information content (AvgIpc) is 3.26. The highest BCUT2D eigenvalue weighted by Crippen LogP contribution is 2.33. The highest BCUT2D eigenvalue weighted by atomic mass is 19.4. The summed E-state index contributed by atoms with van der Waals surface area (Å²) in [6.07, 6.45) is -4.07. The topological polar surface area (TPSA) is 118 Å². The Morgan fingerprint density at radius 3 is 2.30 bits per heavy atom. The maximum absolute atomic E-state index is 13.3. The van der Waals surface area contributed by atoms with E-state index >= 15 is 0 Å². The van der Waals surface area contributed by atoms with E-state index < -0.39 is 41.7 Å². The van der Waals surface area contributed by atoms with E-state index in [1.807, 2.05) is 29.2 Å². The molecule has 6 rings (SSSR count). The number of alkyl halides is 3. The van der Waals surface area contributed by atoms with Gasteiger partial charge in [0.2, 0.25) is 5.91 Å². The first kappa shape index (κ1) is 29.6. The van der Waals surface area contributed by atoms with Crippen molar-refractivity contribution in [2.24, 2.45) is 0 Å². The minimum Gasteiger partial charge on any atom is -0.380 e. The Morgan fingerprint density at radius 2 is 1.64 bits per heavy atom. The number of aliphatic hydroxyl groups is 1. The first-order chi connectivity index (χ1) is 21.1. The van der Waals surface area contributed by atoms with Gasteiger partial charge in [-0.3, -0.25) is 24.2 Å². The lowest BCUT2D eigenvalue weighted by atomic mass is 10.0. The Bertz CT molecular complexity index is 1560. The van der Waals surface area contributed by atoms with Gasteiger partial charge in [0.05, 0.1) is 16.7 Å². The summed E-state index contributed by atoms with van der Waals surface area (Å²) in [5.41, 5.74) is 2.31. The fourth-order valence-electron chi connectivity index (χ4n) is 5.85. The molecule has 2 unspecified atom stereocenters. The zero-order chi connectivity index (χ0) is 31.0. The summed E-state index contributed by atoms with van der Waals surface area (Å²) in [7, 11) is 0. The summed E-state index contributed by atoms with van der Waals surface area (Å²) in [6.45, 7) is 3.96. The van der Waals surface area contributed by atoms with Crippen molar-refractivity contribution in [1.29, 1.82) is 0 Å². The van der Waals surface area contributed by atoms with Gasteiger partial charge in [-0.2, -0.15) is 13.2 Å². The number of hydrogen-bond donors (Lipinski definition) is 3. The second kappa shape index (κ2) is 11.9. The van der Waals surface area contributed by atoms with Crippen LogP contribution in [-0.4, -0.2) is 76.1 Å². The zero-order valence-electron chi connectivity index (χ0n) is 23.7. The number of imide groups is 1. The third-order valence-electron chi connectivity index (χ3n) is 8.27. The van der Waals surface area contributed by atoms with Crippen molar-refractivity contribution in [2.45, 2.75) is 44.4 Å². The van der Waals surface area contributed by atoms with Crippen LogP contribution in [0.15, 0.2) is 60.8 Å². The molecule has 0 bridgehead atoms. The van der Waals surface area contributed by atoms with Gasteiger partial charge in [0, 0.05) is 51.2 Å². The van der Waals surface area contributed by atoms with Gasteiger partial charge in [-0.05, 0) is 48.2 Å². The third kappa shape index (κ3) is 5.97. The molecule has 3 N–H and O–H groups in total. The molecule has 13 heteroatoms. The smallest absolute Gasteiger partial charge is 0.380 e. The summed E-state index contributed by atoms with van der Waals surface area (Å²) < 4.78 is 38.5. The van der Waals surface area contributed by atoms with Crippen LogP contribution in [0, 0.1) is 0 Å². The van der Waals surface area contributed by atoms with E-state index in [0.29, 0.717) is 31.1 Å². The van der Waals surface area contributed by atoms with Crippen molar-refractivity contribution in [3.63, 3.8) is 0 Å². The molecule has 230 valence electrons. The van der Waals surface area contributed by atoms with E-state index in [2.05, 4.69) is 20.5 Å². The van der Waals surface area contributed by atoms with Gasteiger partial charge in [0.25, 0.3) is 11.8 Å². The average molecular weight is 609 g/mol. The number of aliphatic hydroxyl groups excluding tert-OH is 1. The predicted octanol–water partition coefficient (Wildman–Crippen LogP) is 3.23. The van der Waals surface area contributed by atoms with Crippen molar-refractivity contribution in [3.8, 4) is 0 Å². The van der Waals surface area contributed by atoms with E-state index in [0.717, 1.165) is 47.9 Å². The summed E-state index contributed by atoms with van der Waals surface area (Å²) in [5.74, 6) is -1.07. The lowest BCUT2D eigenvalue weighted by molar-refractivity contribution is -0.137.